The monoisotopic (exact) mass is 295 g/mol. The highest BCUT2D eigenvalue weighted by Crippen LogP contribution is 2.10. The van der Waals surface area contributed by atoms with Gasteiger partial charge in [-0.2, -0.15) is 4.99 Å². The third-order valence-electron chi connectivity index (χ3n) is 2.52. The Balaban J connectivity index is 2.54. The molecular formula is C14H17NO6. The number of rotatable bonds is 8. The van der Waals surface area contributed by atoms with Crippen molar-refractivity contribution < 1.29 is 28.6 Å². The molecule has 0 aromatic rings. The summed E-state index contributed by atoms with van der Waals surface area (Å²) in [5.41, 5.74) is 0.486. The van der Waals surface area contributed by atoms with Crippen LogP contribution in [0.5, 0.6) is 0 Å². The highest BCUT2D eigenvalue weighted by atomic mass is 16.6. The first kappa shape index (κ1) is 16.8. The van der Waals surface area contributed by atoms with Gasteiger partial charge in [0.1, 0.15) is 25.4 Å². The summed E-state index contributed by atoms with van der Waals surface area (Å²) >= 11 is 0. The van der Waals surface area contributed by atoms with Crippen LogP contribution >= 0.6 is 0 Å². The molecule has 0 aliphatic carbocycles. The molecule has 1 rings (SSSR count). The normalized spacial score (nSPS) is 18.2. The fourth-order valence-corrected chi connectivity index (χ4v) is 1.28. The van der Waals surface area contributed by atoms with Crippen LogP contribution in [0.2, 0.25) is 0 Å². The Morgan fingerprint density at radius 1 is 1.43 bits per heavy atom. The number of carbonyl (C=O) groups excluding carboxylic acids is 3. The fourth-order valence-electron chi connectivity index (χ4n) is 1.28. The van der Waals surface area contributed by atoms with E-state index < -0.39 is 18.0 Å². The van der Waals surface area contributed by atoms with E-state index in [1.54, 1.807) is 0 Å². The average Bonchev–Trinajstić information content (AvgIpc) is 3.25. The predicted molar refractivity (Wildman–Crippen MR) is 72.1 cm³/mol. The molecule has 2 unspecified atom stereocenters. The maximum atomic E-state index is 11.7. The van der Waals surface area contributed by atoms with Crippen molar-refractivity contribution >= 4 is 18.0 Å². The molecule has 1 aliphatic heterocycles. The maximum Gasteiger partial charge on any atom is 0.333 e. The summed E-state index contributed by atoms with van der Waals surface area (Å²) in [6, 6.07) is -0.796. The van der Waals surface area contributed by atoms with Gasteiger partial charge in [-0.05, 0) is 19.9 Å². The number of esters is 2. The number of epoxide rings is 1. The predicted octanol–water partition coefficient (Wildman–Crippen LogP) is 0.698. The largest absolute Gasteiger partial charge is 0.460 e. The number of nitrogens with zero attached hydrogens (tertiary/aromatic N) is 1. The van der Waals surface area contributed by atoms with Gasteiger partial charge >= 0.3 is 11.9 Å². The Bertz CT molecular complexity index is 500. The first-order chi connectivity index (χ1) is 9.93. The molecule has 0 aromatic carbocycles. The molecule has 1 aliphatic rings. The van der Waals surface area contributed by atoms with E-state index in [4.69, 9.17) is 14.2 Å². The second kappa shape index (κ2) is 8.14. The lowest BCUT2D eigenvalue weighted by molar-refractivity contribution is -0.139. The molecule has 0 aromatic heterocycles. The van der Waals surface area contributed by atoms with Crippen molar-refractivity contribution in [3.63, 3.8) is 0 Å². The van der Waals surface area contributed by atoms with E-state index in [9.17, 15) is 14.4 Å². The summed E-state index contributed by atoms with van der Waals surface area (Å²) in [6.45, 7) is 7.04. The van der Waals surface area contributed by atoms with Gasteiger partial charge < -0.3 is 14.2 Å². The van der Waals surface area contributed by atoms with Gasteiger partial charge in [-0.1, -0.05) is 6.58 Å². The lowest BCUT2D eigenvalue weighted by atomic mass is 10.2. The van der Waals surface area contributed by atoms with Crippen LogP contribution in [-0.4, -0.2) is 50.0 Å². The molecule has 0 radical (unpaired) electrons. The summed E-state index contributed by atoms with van der Waals surface area (Å²) in [5.74, 6) is -1.14. The van der Waals surface area contributed by atoms with Crippen LogP contribution in [0.1, 0.15) is 13.8 Å². The van der Waals surface area contributed by atoms with Crippen molar-refractivity contribution in [1.29, 1.82) is 0 Å². The number of hydrogen-bond acceptors (Lipinski definition) is 7. The fraction of sp³-hybridized carbons (Fsp3) is 0.500. The number of isocyanates is 1. The van der Waals surface area contributed by atoms with E-state index >= 15 is 0 Å². The highest BCUT2D eigenvalue weighted by molar-refractivity contribution is 5.88. The summed E-state index contributed by atoms with van der Waals surface area (Å²) < 4.78 is 14.8. The zero-order valence-electron chi connectivity index (χ0n) is 12.0. The smallest absolute Gasteiger partial charge is 0.333 e. The van der Waals surface area contributed by atoms with Crippen LogP contribution in [0.15, 0.2) is 28.8 Å². The van der Waals surface area contributed by atoms with Gasteiger partial charge in [0.25, 0.3) is 0 Å². The molecule has 21 heavy (non-hydrogen) atoms. The molecule has 7 nitrogen and oxygen atoms in total. The minimum atomic E-state index is -0.796. The van der Waals surface area contributed by atoms with Crippen LogP contribution in [0.3, 0.4) is 0 Å². The Hall–Kier alpha value is -2.24. The lowest BCUT2D eigenvalue weighted by Gasteiger charge is -2.09. The highest BCUT2D eigenvalue weighted by Gasteiger charge is 2.24. The van der Waals surface area contributed by atoms with Crippen LogP contribution in [0.25, 0.3) is 0 Å². The summed E-state index contributed by atoms with van der Waals surface area (Å²) in [6.07, 6.45) is 2.73. The molecule has 0 saturated carbocycles. The topological polar surface area (TPSA) is 94.6 Å². The standard InChI is InChI=1S/C14H17NO6/c1-9(2)13(17)20-5-11(15-8-16)4-10(3)14(18)21-7-12-6-19-12/h4,11-12H,1,5-7H2,2-3H3. The van der Waals surface area contributed by atoms with Crippen molar-refractivity contribution in [3.05, 3.63) is 23.8 Å². The summed E-state index contributed by atoms with van der Waals surface area (Å²) in [7, 11) is 0. The zero-order valence-corrected chi connectivity index (χ0v) is 12.0. The minimum Gasteiger partial charge on any atom is -0.460 e. The van der Waals surface area contributed by atoms with E-state index in [-0.39, 0.29) is 30.5 Å². The van der Waals surface area contributed by atoms with Crippen molar-refractivity contribution in [2.75, 3.05) is 19.8 Å². The van der Waals surface area contributed by atoms with Crippen LogP contribution in [0.4, 0.5) is 0 Å². The minimum absolute atomic E-state index is 0.0259. The van der Waals surface area contributed by atoms with Crippen molar-refractivity contribution in [3.8, 4) is 0 Å². The average molecular weight is 295 g/mol. The Morgan fingerprint density at radius 2 is 2.10 bits per heavy atom. The second-order valence-electron chi connectivity index (χ2n) is 4.57. The van der Waals surface area contributed by atoms with Gasteiger partial charge in [-0.3, -0.25) is 0 Å². The molecule has 114 valence electrons. The number of aliphatic imine (C=N–C) groups is 1. The Labute approximate surface area is 122 Å². The lowest BCUT2D eigenvalue weighted by Crippen LogP contribution is -2.18. The summed E-state index contributed by atoms with van der Waals surface area (Å²) in [5, 5.41) is 0. The van der Waals surface area contributed by atoms with Gasteiger partial charge in [-0.15, -0.1) is 0 Å². The van der Waals surface area contributed by atoms with Gasteiger partial charge in [0, 0.05) is 11.1 Å². The van der Waals surface area contributed by atoms with Crippen molar-refractivity contribution in [2.45, 2.75) is 26.0 Å². The molecule has 1 fully saturated rings. The van der Waals surface area contributed by atoms with Gasteiger partial charge in [0.15, 0.2) is 0 Å². The molecule has 2 atom stereocenters. The van der Waals surface area contributed by atoms with Gasteiger partial charge in [0.2, 0.25) is 6.08 Å². The zero-order chi connectivity index (χ0) is 15.8. The molecule has 0 bridgehead atoms. The third kappa shape index (κ3) is 6.65. The molecule has 7 heteroatoms. The molecule has 1 saturated heterocycles. The van der Waals surface area contributed by atoms with E-state index in [1.807, 2.05) is 0 Å². The Kier molecular flexibility index (Phi) is 6.52. The second-order valence-corrected chi connectivity index (χ2v) is 4.57. The van der Waals surface area contributed by atoms with Crippen molar-refractivity contribution in [1.82, 2.24) is 0 Å². The Morgan fingerprint density at radius 3 is 2.62 bits per heavy atom. The summed E-state index contributed by atoms with van der Waals surface area (Å²) in [4.78, 5) is 36.7. The van der Waals surface area contributed by atoms with E-state index in [0.29, 0.717) is 6.61 Å². The van der Waals surface area contributed by atoms with E-state index in [2.05, 4.69) is 11.6 Å². The van der Waals surface area contributed by atoms with Crippen molar-refractivity contribution in [2.24, 2.45) is 4.99 Å². The van der Waals surface area contributed by atoms with E-state index in [0.717, 1.165) is 0 Å². The molecular weight excluding hydrogens is 278 g/mol. The van der Waals surface area contributed by atoms with E-state index in [1.165, 1.54) is 26.0 Å². The first-order valence-corrected chi connectivity index (χ1v) is 6.30. The quantitative estimate of drug-likeness (QED) is 0.215. The molecule has 0 N–H and O–H groups in total. The maximum absolute atomic E-state index is 11.7. The number of ether oxygens (including phenoxy) is 3. The van der Waals surface area contributed by atoms with Gasteiger partial charge in [-0.25, -0.2) is 14.4 Å². The van der Waals surface area contributed by atoms with Crippen LogP contribution in [-0.2, 0) is 28.6 Å². The molecule has 0 spiro atoms. The number of hydrogen-bond donors (Lipinski definition) is 0. The van der Waals surface area contributed by atoms with Crippen LogP contribution in [0, 0.1) is 0 Å². The van der Waals surface area contributed by atoms with Crippen LogP contribution < -0.4 is 0 Å². The third-order valence-corrected chi connectivity index (χ3v) is 2.52. The SMILES string of the molecule is C=C(C)C(=O)OCC(C=C(C)C(=O)OCC1CO1)N=C=O. The van der Waals surface area contributed by atoms with Gasteiger partial charge in [0.05, 0.1) is 6.61 Å². The first-order valence-electron chi connectivity index (χ1n) is 6.30. The molecule has 0 amide bonds. The molecule has 1 heterocycles. The number of carbonyl (C=O) groups is 2.